The summed E-state index contributed by atoms with van der Waals surface area (Å²) in [5, 5.41) is 12.5. The van der Waals surface area contributed by atoms with E-state index in [9.17, 15) is 19.2 Å². The Labute approximate surface area is 405 Å². The predicted molar refractivity (Wildman–Crippen MR) is 273 cm³/mol. The lowest BCUT2D eigenvalue weighted by Gasteiger charge is -2.24. The Morgan fingerprint density at radius 2 is 1.50 bits per heavy atom. The van der Waals surface area contributed by atoms with Crippen molar-refractivity contribution in [2.75, 3.05) is 67.2 Å². The van der Waals surface area contributed by atoms with Gasteiger partial charge in [-0.2, -0.15) is 0 Å². The second-order valence-electron chi connectivity index (χ2n) is 17.2. The van der Waals surface area contributed by atoms with Crippen molar-refractivity contribution >= 4 is 74.0 Å². The highest BCUT2D eigenvalue weighted by Gasteiger charge is 2.38. The van der Waals surface area contributed by atoms with E-state index in [1.54, 1.807) is 43.2 Å². The largest absolute Gasteiger partial charge is 0.493 e. The molecule has 8 rings (SSSR count). The second kappa shape index (κ2) is 21.6. The minimum atomic E-state index is -0.407. The number of para-hydroxylation sites is 2. The van der Waals surface area contributed by atoms with E-state index in [1.807, 2.05) is 67.3 Å². The maximum atomic E-state index is 14.1. The van der Waals surface area contributed by atoms with Crippen molar-refractivity contribution in [3.05, 3.63) is 124 Å². The SMILES string of the molecule is CNC(=O)CCC(C)SSC(C)C(=O)Nc1cc(COc2cc(NCC3Cc4ccccc4N3C)c(C=O)cc2OC)cc(COc2cc3c(cc2OC)C(=O)N2c4ccccc4C[C@H]2CN3)c1. The van der Waals surface area contributed by atoms with Crippen molar-refractivity contribution in [3.63, 3.8) is 0 Å². The molecule has 3 heterocycles. The Morgan fingerprint density at radius 1 is 0.838 bits per heavy atom. The van der Waals surface area contributed by atoms with Gasteiger partial charge in [0.15, 0.2) is 29.3 Å². The molecule has 4 N–H and O–H groups in total. The molecule has 3 aliphatic heterocycles. The fourth-order valence-electron chi connectivity index (χ4n) is 8.86. The Balaban J connectivity index is 1.01. The van der Waals surface area contributed by atoms with E-state index in [0.29, 0.717) is 77.1 Å². The van der Waals surface area contributed by atoms with Gasteiger partial charge in [-0.1, -0.05) is 64.9 Å². The molecular formula is C52H58N6O8S2. The average Bonchev–Trinajstić information content (AvgIpc) is 3.86. The van der Waals surface area contributed by atoms with Crippen molar-refractivity contribution in [2.24, 2.45) is 0 Å². The number of anilines is 5. The zero-order chi connectivity index (χ0) is 47.9. The number of carbonyl (C=O) groups is 4. The van der Waals surface area contributed by atoms with Gasteiger partial charge < -0.3 is 50.0 Å². The monoisotopic (exact) mass is 958 g/mol. The summed E-state index contributed by atoms with van der Waals surface area (Å²) in [6, 6.07) is 29.2. The summed E-state index contributed by atoms with van der Waals surface area (Å²) in [6.45, 7) is 5.25. The number of methoxy groups -OCH3 is 2. The maximum absolute atomic E-state index is 14.1. The van der Waals surface area contributed by atoms with Crippen LogP contribution in [0.2, 0.25) is 0 Å². The summed E-state index contributed by atoms with van der Waals surface area (Å²) >= 11 is 0. The molecule has 0 spiro atoms. The van der Waals surface area contributed by atoms with Gasteiger partial charge >= 0.3 is 0 Å². The standard InChI is InChI=1S/C52H58N6O8S2/c1-31(15-16-50(60)53-3)67-68-32(2)51(61)56-38-18-33(29-65-48-24-42(37(28-59)22-46(48)63-5)54-26-39-20-35-11-7-9-13-44(35)57(39)4)17-34(19-38)30-66-49-25-43-41(23-47(49)64-6)52(62)58-40(27-55-43)21-36-12-8-10-14-45(36)58/h7-14,17-19,22-25,28,31-32,39-40,54-55H,15-16,20-21,26-27,29-30H2,1-6H3,(H,53,60)(H,56,61)/t31?,32?,39?,40-/m0/s1. The van der Waals surface area contributed by atoms with Crippen LogP contribution in [-0.2, 0) is 35.6 Å². The molecule has 0 radical (unpaired) electrons. The molecule has 16 heteroatoms. The number of carbonyl (C=O) groups excluding carboxylic acids is 4. The molecule has 356 valence electrons. The molecule has 5 aromatic rings. The number of aldehydes is 1. The Morgan fingerprint density at radius 3 is 2.18 bits per heavy atom. The molecule has 3 amide bonds. The highest BCUT2D eigenvalue weighted by Crippen LogP contribution is 2.41. The number of rotatable bonds is 20. The number of likely N-dealkylation sites (N-methyl/N-ethyl adjacent to an activating group) is 1. The Hall–Kier alpha value is -6.52. The van der Waals surface area contributed by atoms with E-state index >= 15 is 0 Å². The van der Waals surface area contributed by atoms with Crippen LogP contribution in [0.15, 0.2) is 91.0 Å². The minimum absolute atomic E-state index is 0.0107. The van der Waals surface area contributed by atoms with E-state index in [2.05, 4.69) is 57.5 Å². The molecule has 3 aliphatic rings. The van der Waals surface area contributed by atoms with Crippen LogP contribution >= 0.6 is 21.6 Å². The second-order valence-corrected chi connectivity index (χ2v) is 20.3. The van der Waals surface area contributed by atoms with E-state index in [-0.39, 0.29) is 48.3 Å². The van der Waals surface area contributed by atoms with Gasteiger partial charge in [-0.05, 0) is 90.9 Å². The molecule has 4 atom stereocenters. The van der Waals surface area contributed by atoms with Crippen molar-refractivity contribution in [1.82, 2.24) is 5.32 Å². The van der Waals surface area contributed by atoms with Gasteiger partial charge in [-0.15, -0.1) is 0 Å². The van der Waals surface area contributed by atoms with Gasteiger partial charge in [-0.25, -0.2) is 0 Å². The zero-order valence-electron chi connectivity index (χ0n) is 39.2. The molecular weight excluding hydrogens is 901 g/mol. The van der Waals surface area contributed by atoms with Crippen molar-refractivity contribution < 1.29 is 38.1 Å². The smallest absolute Gasteiger partial charge is 0.260 e. The third kappa shape index (κ3) is 10.8. The van der Waals surface area contributed by atoms with E-state index < -0.39 is 5.25 Å². The van der Waals surface area contributed by atoms with Crippen LogP contribution < -0.4 is 50.0 Å². The fraction of sp³-hybridized carbons (Fsp3) is 0.346. The number of fused-ring (bicyclic) bond motifs is 5. The average molecular weight is 959 g/mol. The van der Waals surface area contributed by atoms with Crippen LogP contribution in [-0.4, -0.2) is 88.0 Å². The number of nitrogens with zero attached hydrogens (tertiary/aromatic N) is 2. The first-order valence-corrected chi connectivity index (χ1v) is 25.1. The zero-order valence-corrected chi connectivity index (χ0v) is 40.8. The lowest BCUT2D eigenvalue weighted by Crippen LogP contribution is -2.39. The van der Waals surface area contributed by atoms with Gasteiger partial charge in [0, 0.05) is 79.3 Å². The molecule has 5 aromatic carbocycles. The van der Waals surface area contributed by atoms with Gasteiger partial charge in [0.1, 0.15) is 13.2 Å². The molecule has 0 aliphatic carbocycles. The number of benzene rings is 5. The summed E-state index contributed by atoms with van der Waals surface area (Å²) in [7, 11) is 9.83. The normalized spacial score (nSPS) is 16.5. The number of hydrogen-bond acceptors (Lipinski definition) is 13. The van der Waals surface area contributed by atoms with Crippen molar-refractivity contribution in [3.8, 4) is 23.0 Å². The highest BCUT2D eigenvalue weighted by molar-refractivity contribution is 8.77. The molecule has 14 nitrogen and oxygen atoms in total. The number of nitrogens with one attached hydrogen (secondary N) is 4. The third-order valence-corrected chi connectivity index (χ3v) is 16.0. The molecule has 0 saturated carbocycles. The van der Waals surface area contributed by atoms with E-state index in [0.717, 1.165) is 41.5 Å². The first-order chi connectivity index (χ1) is 33.0. The van der Waals surface area contributed by atoms with Gasteiger partial charge in [0.25, 0.3) is 5.91 Å². The Bertz CT molecular complexity index is 2680. The van der Waals surface area contributed by atoms with Crippen LogP contribution in [0.5, 0.6) is 23.0 Å². The maximum Gasteiger partial charge on any atom is 0.260 e. The van der Waals surface area contributed by atoms with Crippen LogP contribution in [0.1, 0.15) is 69.7 Å². The summed E-state index contributed by atoms with van der Waals surface area (Å²) in [5.74, 6) is 1.39. The number of amides is 3. The van der Waals surface area contributed by atoms with Gasteiger partial charge in [0.05, 0.1) is 42.8 Å². The first kappa shape index (κ1) is 48.0. The number of hydrogen-bond donors (Lipinski definition) is 4. The van der Waals surface area contributed by atoms with Crippen LogP contribution in [0.25, 0.3) is 0 Å². The van der Waals surface area contributed by atoms with Gasteiger partial charge in [0.2, 0.25) is 11.8 Å². The fourth-order valence-corrected chi connectivity index (χ4v) is 11.2. The lowest BCUT2D eigenvalue weighted by molar-refractivity contribution is -0.120. The molecule has 3 unspecified atom stereocenters. The van der Waals surface area contributed by atoms with Crippen LogP contribution in [0, 0.1) is 0 Å². The third-order valence-electron chi connectivity index (χ3n) is 12.6. The summed E-state index contributed by atoms with van der Waals surface area (Å²) in [5.41, 5.74) is 8.81. The van der Waals surface area contributed by atoms with Crippen LogP contribution in [0.3, 0.4) is 0 Å². The van der Waals surface area contributed by atoms with E-state index in [4.69, 9.17) is 18.9 Å². The molecule has 0 saturated heterocycles. The topological polar surface area (TPSA) is 160 Å². The van der Waals surface area contributed by atoms with E-state index in [1.165, 1.54) is 29.2 Å². The Kier molecular flexibility index (Phi) is 15.2. The highest BCUT2D eigenvalue weighted by atomic mass is 33.1. The van der Waals surface area contributed by atoms with Crippen molar-refractivity contribution in [1.29, 1.82) is 0 Å². The molecule has 0 aromatic heterocycles. The molecule has 0 bridgehead atoms. The summed E-state index contributed by atoms with van der Waals surface area (Å²) < 4.78 is 24.5. The molecule has 68 heavy (non-hydrogen) atoms. The van der Waals surface area contributed by atoms with Crippen LogP contribution in [0.4, 0.5) is 28.4 Å². The number of ether oxygens (including phenoxy) is 4. The molecule has 0 fully saturated rings. The minimum Gasteiger partial charge on any atom is -0.493 e. The van der Waals surface area contributed by atoms with Crippen molar-refractivity contribution in [2.45, 2.75) is 75.3 Å². The summed E-state index contributed by atoms with van der Waals surface area (Å²) in [6.07, 6.45) is 3.56. The van der Waals surface area contributed by atoms with Gasteiger partial charge in [-0.3, -0.25) is 19.2 Å². The quantitative estimate of drug-likeness (QED) is 0.0434. The summed E-state index contributed by atoms with van der Waals surface area (Å²) in [4.78, 5) is 56.0. The first-order valence-electron chi connectivity index (χ1n) is 22.8. The predicted octanol–water partition coefficient (Wildman–Crippen LogP) is 8.77. The lowest BCUT2D eigenvalue weighted by atomic mass is 10.1.